The summed E-state index contributed by atoms with van der Waals surface area (Å²) >= 11 is 0. The van der Waals surface area contributed by atoms with Crippen LogP contribution in [0.2, 0.25) is 0 Å². The minimum Gasteiger partial charge on any atom is -0.371 e. The molecule has 3 rings (SSSR count). The minimum atomic E-state index is -0.209. The summed E-state index contributed by atoms with van der Waals surface area (Å²) in [5.74, 6) is -0.354. The first-order chi connectivity index (χ1) is 12.0. The summed E-state index contributed by atoms with van der Waals surface area (Å²) in [5.41, 5.74) is 8.90. The molecule has 0 aliphatic carbocycles. The topological polar surface area (TPSA) is 75.4 Å². The van der Waals surface area contributed by atoms with E-state index < -0.39 is 0 Å². The van der Waals surface area contributed by atoms with Crippen LogP contribution in [0.15, 0.2) is 48.5 Å². The Morgan fingerprint density at radius 3 is 2.48 bits per heavy atom. The largest absolute Gasteiger partial charge is 0.371 e. The van der Waals surface area contributed by atoms with Gasteiger partial charge in [-0.3, -0.25) is 9.59 Å². The molecule has 1 heterocycles. The Morgan fingerprint density at radius 1 is 1.08 bits per heavy atom. The molecule has 5 nitrogen and oxygen atoms in total. The number of carbonyl (C=O) groups excluding carboxylic acids is 2. The monoisotopic (exact) mass is 337 g/mol. The maximum Gasteiger partial charge on any atom is 0.255 e. The molecule has 2 aromatic carbocycles. The Balaban J connectivity index is 1.68. The molecule has 1 aliphatic rings. The number of hydrogen-bond acceptors (Lipinski definition) is 3. The molecule has 2 amide bonds. The number of amides is 2. The van der Waals surface area contributed by atoms with E-state index in [0.717, 1.165) is 42.9 Å². The van der Waals surface area contributed by atoms with Crippen LogP contribution in [0, 0.1) is 12.8 Å². The molecule has 25 heavy (non-hydrogen) atoms. The summed E-state index contributed by atoms with van der Waals surface area (Å²) < 4.78 is 0. The van der Waals surface area contributed by atoms with E-state index in [4.69, 9.17) is 5.73 Å². The predicted octanol–water partition coefficient (Wildman–Crippen LogP) is 2.95. The van der Waals surface area contributed by atoms with Crippen molar-refractivity contribution in [3.63, 3.8) is 0 Å². The van der Waals surface area contributed by atoms with Crippen LogP contribution in [0.25, 0.3) is 0 Å². The number of nitrogens with zero attached hydrogens (tertiary/aromatic N) is 1. The predicted molar refractivity (Wildman–Crippen MR) is 99.7 cm³/mol. The summed E-state index contributed by atoms with van der Waals surface area (Å²) in [4.78, 5) is 25.9. The molecule has 0 atom stereocenters. The van der Waals surface area contributed by atoms with Crippen molar-refractivity contribution in [1.82, 2.24) is 0 Å². The second-order valence-electron chi connectivity index (χ2n) is 6.54. The van der Waals surface area contributed by atoms with Crippen LogP contribution >= 0.6 is 0 Å². The van der Waals surface area contributed by atoms with Crippen molar-refractivity contribution >= 4 is 23.2 Å². The highest BCUT2D eigenvalue weighted by atomic mass is 16.2. The van der Waals surface area contributed by atoms with Crippen LogP contribution in [0.5, 0.6) is 0 Å². The highest BCUT2D eigenvalue weighted by Crippen LogP contribution is 2.25. The number of benzene rings is 2. The first-order valence-corrected chi connectivity index (χ1v) is 8.55. The SMILES string of the molecule is Cc1cccc(C(=O)Nc2cccc(N3CCC(C(N)=O)CC3)c2)c1. The third-order valence-electron chi connectivity index (χ3n) is 4.65. The minimum absolute atomic E-state index is 0.0274. The number of primary amides is 1. The highest BCUT2D eigenvalue weighted by molar-refractivity contribution is 6.04. The molecule has 5 heteroatoms. The quantitative estimate of drug-likeness (QED) is 0.900. The number of hydrogen-bond donors (Lipinski definition) is 2. The Morgan fingerprint density at radius 2 is 1.80 bits per heavy atom. The van der Waals surface area contributed by atoms with E-state index >= 15 is 0 Å². The molecular weight excluding hydrogens is 314 g/mol. The number of aryl methyl sites for hydroxylation is 1. The average Bonchev–Trinajstić information content (AvgIpc) is 2.62. The zero-order valence-corrected chi connectivity index (χ0v) is 14.4. The van der Waals surface area contributed by atoms with E-state index in [0.29, 0.717) is 5.56 Å². The number of nitrogens with two attached hydrogens (primary N) is 1. The molecule has 0 radical (unpaired) electrons. The summed E-state index contributed by atoms with van der Waals surface area (Å²) in [6.07, 6.45) is 1.55. The maximum atomic E-state index is 12.4. The maximum absolute atomic E-state index is 12.4. The van der Waals surface area contributed by atoms with Gasteiger partial charge in [0.1, 0.15) is 0 Å². The van der Waals surface area contributed by atoms with Crippen LogP contribution in [0.1, 0.15) is 28.8 Å². The zero-order chi connectivity index (χ0) is 17.8. The van der Waals surface area contributed by atoms with Gasteiger partial charge in [0.05, 0.1) is 0 Å². The lowest BCUT2D eigenvalue weighted by molar-refractivity contribution is -0.122. The number of anilines is 2. The van der Waals surface area contributed by atoms with Crippen molar-refractivity contribution in [3.8, 4) is 0 Å². The zero-order valence-electron chi connectivity index (χ0n) is 14.4. The van der Waals surface area contributed by atoms with Gasteiger partial charge >= 0.3 is 0 Å². The van der Waals surface area contributed by atoms with Gasteiger partial charge in [-0.05, 0) is 50.1 Å². The summed E-state index contributed by atoms with van der Waals surface area (Å²) in [6, 6.07) is 15.3. The van der Waals surface area contributed by atoms with Gasteiger partial charge in [-0.2, -0.15) is 0 Å². The van der Waals surface area contributed by atoms with Gasteiger partial charge in [-0.15, -0.1) is 0 Å². The third kappa shape index (κ3) is 4.18. The van der Waals surface area contributed by atoms with Crippen LogP contribution in [-0.2, 0) is 4.79 Å². The molecule has 1 aliphatic heterocycles. The van der Waals surface area contributed by atoms with Gasteiger partial charge in [0.15, 0.2) is 0 Å². The first kappa shape index (κ1) is 17.0. The smallest absolute Gasteiger partial charge is 0.255 e. The lowest BCUT2D eigenvalue weighted by Crippen LogP contribution is -2.38. The summed E-state index contributed by atoms with van der Waals surface area (Å²) in [6.45, 7) is 3.55. The fraction of sp³-hybridized carbons (Fsp3) is 0.300. The van der Waals surface area contributed by atoms with Crippen molar-refractivity contribution in [2.24, 2.45) is 11.7 Å². The molecule has 0 spiro atoms. The Bertz CT molecular complexity index is 780. The molecule has 0 unspecified atom stereocenters. The Kier molecular flexibility index (Phi) is 5.03. The molecule has 0 bridgehead atoms. The van der Waals surface area contributed by atoms with Gasteiger partial charge in [-0.25, -0.2) is 0 Å². The highest BCUT2D eigenvalue weighted by Gasteiger charge is 2.23. The fourth-order valence-electron chi connectivity index (χ4n) is 3.19. The van der Waals surface area contributed by atoms with E-state index in [1.54, 1.807) is 6.07 Å². The Hall–Kier alpha value is -2.82. The number of carbonyl (C=O) groups is 2. The van der Waals surface area contributed by atoms with Gasteiger partial charge in [0.25, 0.3) is 5.91 Å². The standard InChI is InChI=1S/C20H23N3O2/c1-14-4-2-5-16(12-14)20(25)22-17-6-3-7-18(13-17)23-10-8-15(9-11-23)19(21)24/h2-7,12-13,15H,8-11H2,1H3,(H2,21,24)(H,22,25). The molecule has 130 valence electrons. The number of rotatable bonds is 4. The van der Waals surface area contributed by atoms with Crippen LogP contribution in [0.4, 0.5) is 11.4 Å². The second kappa shape index (κ2) is 7.38. The molecular formula is C20H23N3O2. The lowest BCUT2D eigenvalue weighted by atomic mass is 9.96. The van der Waals surface area contributed by atoms with Crippen LogP contribution in [-0.4, -0.2) is 24.9 Å². The van der Waals surface area contributed by atoms with Crippen LogP contribution < -0.4 is 16.0 Å². The summed E-state index contributed by atoms with van der Waals surface area (Å²) in [7, 11) is 0. The van der Waals surface area contributed by atoms with E-state index in [2.05, 4.69) is 10.2 Å². The third-order valence-corrected chi connectivity index (χ3v) is 4.65. The van der Waals surface area contributed by atoms with Crippen molar-refractivity contribution in [2.75, 3.05) is 23.3 Å². The van der Waals surface area contributed by atoms with Gasteiger partial charge in [0, 0.05) is 35.9 Å². The molecule has 1 saturated heterocycles. The van der Waals surface area contributed by atoms with Crippen molar-refractivity contribution in [3.05, 3.63) is 59.7 Å². The van der Waals surface area contributed by atoms with Crippen molar-refractivity contribution in [1.29, 1.82) is 0 Å². The first-order valence-electron chi connectivity index (χ1n) is 8.55. The number of nitrogens with one attached hydrogen (secondary N) is 1. The van der Waals surface area contributed by atoms with Gasteiger partial charge in [-0.1, -0.05) is 23.8 Å². The average molecular weight is 337 g/mol. The normalized spacial score (nSPS) is 15.0. The number of piperidine rings is 1. The van der Waals surface area contributed by atoms with E-state index in [-0.39, 0.29) is 17.7 Å². The van der Waals surface area contributed by atoms with Crippen LogP contribution in [0.3, 0.4) is 0 Å². The van der Waals surface area contributed by atoms with E-state index in [1.807, 2.05) is 49.4 Å². The van der Waals surface area contributed by atoms with Gasteiger partial charge < -0.3 is 16.0 Å². The van der Waals surface area contributed by atoms with E-state index in [9.17, 15) is 9.59 Å². The molecule has 1 fully saturated rings. The summed E-state index contributed by atoms with van der Waals surface area (Å²) in [5, 5.41) is 2.95. The lowest BCUT2D eigenvalue weighted by Gasteiger charge is -2.32. The molecule has 3 N–H and O–H groups in total. The molecule has 0 saturated carbocycles. The fourth-order valence-corrected chi connectivity index (χ4v) is 3.19. The van der Waals surface area contributed by atoms with Gasteiger partial charge in [0.2, 0.25) is 5.91 Å². The second-order valence-corrected chi connectivity index (χ2v) is 6.54. The van der Waals surface area contributed by atoms with E-state index in [1.165, 1.54) is 0 Å². The molecule has 0 aromatic heterocycles. The molecule has 2 aromatic rings. The Labute approximate surface area is 147 Å². The van der Waals surface area contributed by atoms with Crippen molar-refractivity contribution < 1.29 is 9.59 Å². The van der Waals surface area contributed by atoms with Crippen molar-refractivity contribution in [2.45, 2.75) is 19.8 Å².